The van der Waals surface area contributed by atoms with Crippen LogP contribution in [0.4, 0.5) is 0 Å². The molecule has 1 heterocycles. The summed E-state index contributed by atoms with van der Waals surface area (Å²) in [6, 6.07) is 9.71. The van der Waals surface area contributed by atoms with E-state index in [0.717, 1.165) is 6.54 Å². The summed E-state index contributed by atoms with van der Waals surface area (Å²) >= 11 is 1.87. The molecule has 106 valence electrons. The van der Waals surface area contributed by atoms with Crippen molar-refractivity contribution in [2.24, 2.45) is 0 Å². The number of hydrogen-bond acceptors (Lipinski definition) is 2. The smallest absolute Gasteiger partial charge is 0.0673 e. The molecule has 1 unspecified atom stereocenters. The number of aryl methyl sites for hydroxylation is 3. The van der Waals surface area contributed by atoms with Gasteiger partial charge in [-0.25, -0.2) is 0 Å². The molecule has 0 bridgehead atoms. The van der Waals surface area contributed by atoms with Crippen molar-refractivity contribution in [1.82, 2.24) is 5.32 Å². The Bertz CT molecular complexity index is 585. The van der Waals surface area contributed by atoms with Crippen LogP contribution in [0.1, 0.15) is 52.9 Å². The predicted octanol–water partition coefficient (Wildman–Crippen LogP) is 4.63. The van der Waals surface area contributed by atoms with Crippen molar-refractivity contribution in [3.05, 3.63) is 56.8 Å². The Morgan fingerprint density at radius 3 is 2.80 bits per heavy atom. The highest BCUT2D eigenvalue weighted by molar-refractivity contribution is 7.10. The van der Waals surface area contributed by atoms with E-state index in [9.17, 15) is 0 Å². The molecule has 0 spiro atoms. The minimum absolute atomic E-state index is 0.362. The summed E-state index contributed by atoms with van der Waals surface area (Å²) in [7, 11) is 0. The van der Waals surface area contributed by atoms with Crippen LogP contribution in [0.2, 0.25) is 0 Å². The van der Waals surface area contributed by atoms with Gasteiger partial charge in [0.15, 0.2) is 0 Å². The predicted molar refractivity (Wildman–Crippen MR) is 87.7 cm³/mol. The Balaban J connectivity index is 1.94. The SMILES string of the molecule is CCCNC(c1ccc2c(c1)CCC2)c1sccc1C. The van der Waals surface area contributed by atoms with Gasteiger partial charge in [0.25, 0.3) is 0 Å². The first-order valence-electron chi connectivity index (χ1n) is 7.68. The van der Waals surface area contributed by atoms with Gasteiger partial charge >= 0.3 is 0 Å². The van der Waals surface area contributed by atoms with Gasteiger partial charge in [0, 0.05) is 4.88 Å². The molecule has 0 radical (unpaired) electrons. The van der Waals surface area contributed by atoms with Crippen LogP contribution in [0.3, 0.4) is 0 Å². The summed E-state index contributed by atoms with van der Waals surface area (Å²) in [5.41, 5.74) is 5.97. The van der Waals surface area contributed by atoms with Gasteiger partial charge in [-0.2, -0.15) is 0 Å². The van der Waals surface area contributed by atoms with Gasteiger partial charge in [-0.05, 0) is 72.9 Å². The monoisotopic (exact) mass is 285 g/mol. The normalized spacial score (nSPS) is 15.3. The van der Waals surface area contributed by atoms with E-state index in [0.29, 0.717) is 6.04 Å². The molecule has 3 rings (SSSR count). The highest BCUT2D eigenvalue weighted by atomic mass is 32.1. The molecule has 1 atom stereocenters. The molecule has 0 amide bonds. The van der Waals surface area contributed by atoms with Crippen molar-refractivity contribution in [2.45, 2.75) is 45.6 Å². The standard InChI is InChI=1S/C18H23NS/c1-3-10-19-17(18-13(2)9-11-20-18)16-8-7-14-5-4-6-15(14)12-16/h7-9,11-12,17,19H,3-6,10H2,1-2H3. The fourth-order valence-electron chi connectivity index (χ4n) is 3.10. The lowest BCUT2D eigenvalue weighted by Gasteiger charge is -2.20. The molecule has 0 aliphatic heterocycles. The molecule has 1 aliphatic rings. The number of nitrogens with one attached hydrogen (secondary N) is 1. The van der Waals surface area contributed by atoms with Crippen molar-refractivity contribution >= 4 is 11.3 Å². The lowest BCUT2D eigenvalue weighted by atomic mass is 9.98. The van der Waals surface area contributed by atoms with E-state index in [2.05, 4.69) is 48.8 Å². The molecule has 1 N–H and O–H groups in total. The van der Waals surface area contributed by atoms with Gasteiger partial charge in [-0.1, -0.05) is 25.1 Å². The molecule has 2 heteroatoms. The molecule has 0 saturated carbocycles. The first kappa shape index (κ1) is 13.8. The topological polar surface area (TPSA) is 12.0 Å². The van der Waals surface area contributed by atoms with Crippen LogP contribution in [-0.4, -0.2) is 6.54 Å². The molecule has 1 aromatic heterocycles. The summed E-state index contributed by atoms with van der Waals surface area (Å²) in [6.07, 6.45) is 5.02. The first-order chi connectivity index (χ1) is 9.79. The van der Waals surface area contributed by atoms with Crippen LogP contribution in [0.5, 0.6) is 0 Å². The number of rotatable bonds is 5. The Labute approximate surface area is 126 Å². The molecular formula is C18H23NS. The van der Waals surface area contributed by atoms with Crippen LogP contribution >= 0.6 is 11.3 Å². The fraction of sp³-hybridized carbons (Fsp3) is 0.444. The van der Waals surface area contributed by atoms with Crippen LogP contribution in [-0.2, 0) is 12.8 Å². The average molecular weight is 285 g/mol. The van der Waals surface area contributed by atoms with Crippen LogP contribution in [0.15, 0.2) is 29.6 Å². The van der Waals surface area contributed by atoms with Crippen molar-refractivity contribution in [3.8, 4) is 0 Å². The quantitative estimate of drug-likeness (QED) is 0.844. The second-order valence-electron chi connectivity index (χ2n) is 5.74. The Hall–Kier alpha value is -1.12. The molecule has 1 aliphatic carbocycles. The second kappa shape index (κ2) is 6.11. The number of benzene rings is 1. The van der Waals surface area contributed by atoms with Crippen molar-refractivity contribution in [2.75, 3.05) is 6.54 Å². The van der Waals surface area contributed by atoms with Gasteiger partial charge in [-0.15, -0.1) is 11.3 Å². The Morgan fingerprint density at radius 1 is 1.20 bits per heavy atom. The third kappa shape index (κ3) is 2.68. The number of fused-ring (bicyclic) bond motifs is 1. The third-order valence-corrected chi connectivity index (χ3v) is 5.30. The van der Waals surface area contributed by atoms with Gasteiger partial charge in [0.05, 0.1) is 6.04 Å². The Kier molecular flexibility index (Phi) is 4.23. The zero-order valence-corrected chi connectivity index (χ0v) is 13.2. The summed E-state index contributed by atoms with van der Waals surface area (Å²) in [5, 5.41) is 5.94. The number of hydrogen-bond donors (Lipinski definition) is 1. The van der Waals surface area contributed by atoms with Gasteiger partial charge in [0.1, 0.15) is 0 Å². The molecule has 20 heavy (non-hydrogen) atoms. The second-order valence-corrected chi connectivity index (χ2v) is 6.68. The Morgan fingerprint density at radius 2 is 2.05 bits per heavy atom. The molecule has 1 nitrogen and oxygen atoms in total. The van der Waals surface area contributed by atoms with E-state index >= 15 is 0 Å². The van der Waals surface area contributed by atoms with E-state index in [-0.39, 0.29) is 0 Å². The highest BCUT2D eigenvalue weighted by Crippen LogP contribution is 2.32. The maximum absolute atomic E-state index is 3.73. The molecule has 0 saturated heterocycles. The maximum atomic E-state index is 3.73. The van der Waals surface area contributed by atoms with Crippen molar-refractivity contribution < 1.29 is 0 Å². The maximum Gasteiger partial charge on any atom is 0.0673 e. The third-order valence-electron chi connectivity index (χ3n) is 4.22. The van der Waals surface area contributed by atoms with Crippen molar-refractivity contribution in [3.63, 3.8) is 0 Å². The summed E-state index contributed by atoms with van der Waals surface area (Å²) in [4.78, 5) is 1.47. The van der Waals surface area contributed by atoms with Gasteiger partial charge < -0.3 is 5.32 Å². The summed E-state index contributed by atoms with van der Waals surface area (Å²) in [6.45, 7) is 5.52. The lowest BCUT2D eigenvalue weighted by Crippen LogP contribution is -2.23. The number of thiophene rings is 1. The van der Waals surface area contributed by atoms with Crippen LogP contribution in [0, 0.1) is 6.92 Å². The highest BCUT2D eigenvalue weighted by Gasteiger charge is 2.19. The van der Waals surface area contributed by atoms with E-state index in [1.54, 1.807) is 11.1 Å². The van der Waals surface area contributed by atoms with Gasteiger partial charge in [-0.3, -0.25) is 0 Å². The molecule has 2 aromatic rings. The van der Waals surface area contributed by atoms with E-state index in [4.69, 9.17) is 0 Å². The summed E-state index contributed by atoms with van der Waals surface area (Å²) in [5.74, 6) is 0. The van der Waals surface area contributed by atoms with E-state index < -0.39 is 0 Å². The molecule has 0 fully saturated rings. The van der Waals surface area contributed by atoms with Crippen molar-refractivity contribution in [1.29, 1.82) is 0 Å². The van der Waals surface area contributed by atoms with Crippen LogP contribution < -0.4 is 5.32 Å². The van der Waals surface area contributed by atoms with Crippen LogP contribution in [0.25, 0.3) is 0 Å². The van der Waals surface area contributed by atoms with E-state index in [1.807, 2.05) is 11.3 Å². The molecular weight excluding hydrogens is 262 g/mol. The first-order valence-corrected chi connectivity index (χ1v) is 8.56. The average Bonchev–Trinajstić information content (AvgIpc) is 3.08. The van der Waals surface area contributed by atoms with Gasteiger partial charge in [0.2, 0.25) is 0 Å². The van der Waals surface area contributed by atoms with E-state index in [1.165, 1.54) is 41.7 Å². The lowest BCUT2D eigenvalue weighted by molar-refractivity contribution is 0.603. The fourth-order valence-corrected chi connectivity index (χ4v) is 4.13. The minimum Gasteiger partial charge on any atom is -0.306 e. The molecule has 1 aromatic carbocycles. The zero-order chi connectivity index (χ0) is 13.9. The zero-order valence-electron chi connectivity index (χ0n) is 12.4. The largest absolute Gasteiger partial charge is 0.306 e. The summed E-state index contributed by atoms with van der Waals surface area (Å²) < 4.78 is 0. The minimum atomic E-state index is 0.362.